The Morgan fingerprint density at radius 1 is 1.19 bits per heavy atom. The van der Waals surface area contributed by atoms with Gasteiger partial charge in [0.2, 0.25) is 17.8 Å². The van der Waals surface area contributed by atoms with E-state index in [0.717, 1.165) is 0 Å². The number of halogens is 1. The number of hydrogen-bond donors (Lipinski definition) is 1. The Hall–Kier alpha value is -3.42. The number of para-hydroxylation sites is 2. The summed E-state index contributed by atoms with van der Waals surface area (Å²) in [6.45, 7) is 1.83. The first kappa shape index (κ1) is 17.0. The summed E-state index contributed by atoms with van der Waals surface area (Å²) >= 11 is 0. The van der Waals surface area contributed by atoms with Crippen LogP contribution < -0.4 is 14.8 Å². The van der Waals surface area contributed by atoms with E-state index in [1.54, 1.807) is 37.3 Å². The summed E-state index contributed by atoms with van der Waals surface area (Å²) in [5.41, 5.74) is 0.616. The van der Waals surface area contributed by atoms with Gasteiger partial charge >= 0.3 is 0 Å². The van der Waals surface area contributed by atoms with Crippen molar-refractivity contribution in [1.29, 1.82) is 0 Å². The maximum Gasteiger partial charge on any atom is 0.265 e. The molecule has 1 aliphatic heterocycles. The highest BCUT2D eigenvalue weighted by Crippen LogP contribution is 2.31. The van der Waals surface area contributed by atoms with Crippen molar-refractivity contribution in [3.05, 3.63) is 60.2 Å². The predicted molar refractivity (Wildman–Crippen MR) is 92.6 cm³/mol. The van der Waals surface area contributed by atoms with E-state index in [0.29, 0.717) is 22.9 Å². The molecule has 1 N–H and O–H groups in total. The maximum absolute atomic E-state index is 13.0. The molecule has 7 nitrogen and oxygen atoms in total. The number of carbonyl (C=O) groups is 1. The average molecular weight is 369 g/mol. The summed E-state index contributed by atoms with van der Waals surface area (Å²) in [5.74, 6) is 0.985. The second-order valence-electron chi connectivity index (χ2n) is 6.06. The van der Waals surface area contributed by atoms with E-state index in [2.05, 4.69) is 15.5 Å². The molecule has 0 fully saturated rings. The van der Waals surface area contributed by atoms with Crippen LogP contribution in [0.2, 0.25) is 0 Å². The number of fused-ring (bicyclic) bond motifs is 1. The summed E-state index contributed by atoms with van der Waals surface area (Å²) in [5, 5.41) is 6.64. The molecule has 138 valence electrons. The largest absolute Gasteiger partial charge is 0.485 e. The van der Waals surface area contributed by atoms with Gasteiger partial charge in [-0.05, 0) is 43.3 Å². The number of amides is 1. The molecular weight excluding hydrogens is 353 g/mol. The molecule has 0 unspecified atom stereocenters. The molecule has 2 aromatic carbocycles. The van der Waals surface area contributed by atoms with Crippen molar-refractivity contribution in [2.45, 2.75) is 19.1 Å². The smallest absolute Gasteiger partial charge is 0.265 e. The van der Waals surface area contributed by atoms with Gasteiger partial charge in [0, 0.05) is 5.56 Å². The van der Waals surface area contributed by atoms with Crippen LogP contribution in [0, 0.1) is 5.82 Å². The van der Waals surface area contributed by atoms with Crippen LogP contribution in [0.1, 0.15) is 18.9 Å². The minimum atomic E-state index is -0.776. The number of nitrogens with one attached hydrogen (secondary N) is 1. The number of aromatic nitrogens is 2. The van der Waals surface area contributed by atoms with Gasteiger partial charge in [-0.25, -0.2) is 4.39 Å². The second-order valence-corrected chi connectivity index (χ2v) is 6.06. The number of benzene rings is 2. The minimum absolute atomic E-state index is 0.111. The van der Waals surface area contributed by atoms with Crippen molar-refractivity contribution in [2.24, 2.45) is 0 Å². The van der Waals surface area contributed by atoms with Gasteiger partial charge in [-0.3, -0.25) is 4.79 Å². The quantitative estimate of drug-likeness (QED) is 0.761. The third-order valence-corrected chi connectivity index (χ3v) is 4.07. The molecule has 1 amide bonds. The van der Waals surface area contributed by atoms with E-state index < -0.39 is 12.1 Å². The molecule has 0 radical (unpaired) electrons. The van der Waals surface area contributed by atoms with Gasteiger partial charge in [-0.1, -0.05) is 17.3 Å². The average Bonchev–Trinajstić information content (AvgIpc) is 3.18. The van der Waals surface area contributed by atoms with E-state index in [1.165, 1.54) is 12.1 Å². The monoisotopic (exact) mass is 369 g/mol. The molecule has 4 rings (SSSR count). The molecule has 0 aliphatic carbocycles. The Bertz CT molecular complexity index is 958. The molecule has 0 saturated heterocycles. The molecule has 0 spiro atoms. The summed E-state index contributed by atoms with van der Waals surface area (Å²) in [6.07, 6.45) is -0.776. The van der Waals surface area contributed by atoms with E-state index in [9.17, 15) is 9.18 Å². The zero-order chi connectivity index (χ0) is 18.8. The highest BCUT2D eigenvalue weighted by molar-refractivity contribution is 5.82. The van der Waals surface area contributed by atoms with Crippen molar-refractivity contribution >= 4 is 5.91 Å². The lowest BCUT2D eigenvalue weighted by atomic mass is 10.2. The van der Waals surface area contributed by atoms with E-state index in [-0.39, 0.29) is 24.2 Å². The Morgan fingerprint density at radius 3 is 2.70 bits per heavy atom. The van der Waals surface area contributed by atoms with Gasteiger partial charge in [-0.15, -0.1) is 0 Å². The molecule has 2 atom stereocenters. The summed E-state index contributed by atoms with van der Waals surface area (Å²) < 4.78 is 29.5. The predicted octanol–water partition coefficient (Wildman–Crippen LogP) is 2.89. The third kappa shape index (κ3) is 3.59. The molecule has 1 aliphatic rings. The van der Waals surface area contributed by atoms with Crippen molar-refractivity contribution < 1.29 is 23.2 Å². The van der Waals surface area contributed by atoms with Crippen LogP contribution in [0.25, 0.3) is 11.4 Å². The first-order valence-electron chi connectivity index (χ1n) is 8.38. The van der Waals surface area contributed by atoms with Gasteiger partial charge in [0.05, 0.1) is 0 Å². The van der Waals surface area contributed by atoms with Crippen LogP contribution in [-0.2, 0) is 4.79 Å². The van der Waals surface area contributed by atoms with Crippen LogP contribution in [0.5, 0.6) is 11.5 Å². The lowest BCUT2D eigenvalue weighted by molar-refractivity contribution is -0.131. The molecule has 0 saturated carbocycles. The first-order valence-corrected chi connectivity index (χ1v) is 8.38. The molecule has 2 heterocycles. The lowest BCUT2D eigenvalue weighted by Crippen LogP contribution is -2.44. The Morgan fingerprint density at radius 2 is 1.93 bits per heavy atom. The van der Waals surface area contributed by atoms with Crippen LogP contribution in [0.15, 0.2) is 53.1 Å². The highest BCUT2D eigenvalue weighted by atomic mass is 19.1. The van der Waals surface area contributed by atoms with Crippen molar-refractivity contribution in [3.8, 4) is 22.9 Å². The Kier molecular flexibility index (Phi) is 4.45. The number of rotatable bonds is 4. The van der Waals surface area contributed by atoms with E-state index >= 15 is 0 Å². The maximum atomic E-state index is 13.0. The zero-order valence-corrected chi connectivity index (χ0v) is 14.4. The van der Waals surface area contributed by atoms with E-state index in [1.807, 2.05) is 6.07 Å². The fourth-order valence-corrected chi connectivity index (χ4v) is 2.64. The standard InChI is InChI=1S/C19H16FN3O4/c1-11(19-22-17(23-27-19)12-6-8-13(20)9-7-12)21-18(24)16-10-25-14-4-2-3-5-15(14)26-16/h2-9,11,16H,10H2,1H3,(H,21,24)/t11-,16+/m1/s1. The SMILES string of the molecule is C[C@@H](NC(=O)[C@@H]1COc2ccccc2O1)c1nc(-c2ccc(F)cc2)no1. The van der Waals surface area contributed by atoms with Crippen LogP contribution >= 0.6 is 0 Å². The number of ether oxygens (including phenoxy) is 2. The normalized spacial score (nSPS) is 16.6. The Labute approximate surface area is 154 Å². The zero-order valence-electron chi connectivity index (χ0n) is 14.4. The van der Waals surface area contributed by atoms with Crippen molar-refractivity contribution in [2.75, 3.05) is 6.61 Å². The molecule has 3 aromatic rings. The fraction of sp³-hybridized carbons (Fsp3) is 0.211. The number of nitrogens with zero attached hydrogens (tertiary/aromatic N) is 2. The molecule has 1 aromatic heterocycles. The summed E-state index contributed by atoms with van der Waals surface area (Å²) in [6, 6.07) is 12.4. The molecule has 27 heavy (non-hydrogen) atoms. The van der Waals surface area contributed by atoms with Gasteiger partial charge < -0.3 is 19.3 Å². The van der Waals surface area contributed by atoms with Crippen LogP contribution in [0.3, 0.4) is 0 Å². The van der Waals surface area contributed by atoms with Gasteiger partial charge in [0.1, 0.15) is 18.5 Å². The second kappa shape index (κ2) is 7.06. The van der Waals surface area contributed by atoms with Crippen LogP contribution in [0.4, 0.5) is 4.39 Å². The lowest BCUT2D eigenvalue weighted by Gasteiger charge is -2.26. The Balaban J connectivity index is 1.41. The summed E-state index contributed by atoms with van der Waals surface area (Å²) in [7, 11) is 0. The third-order valence-electron chi connectivity index (χ3n) is 4.07. The highest BCUT2D eigenvalue weighted by Gasteiger charge is 2.29. The molecule has 8 heteroatoms. The number of hydrogen-bond acceptors (Lipinski definition) is 6. The van der Waals surface area contributed by atoms with Crippen LogP contribution in [-0.4, -0.2) is 28.8 Å². The number of carbonyl (C=O) groups excluding carboxylic acids is 1. The minimum Gasteiger partial charge on any atom is -0.485 e. The van der Waals surface area contributed by atoms with E-state index in [4.69, 9.17) is 14.0 Å². The fourth-order valence-electron chi connectivity index (χ4n) is 2.64. The van der Waals surface area contributed by atoms with Crippen molar-refractivity contribution in [1.82, 2.24) is 15.5 Å². The molecular formula is C19H16FN3O4. The molecule has 0 bridgehead atoms. The van der Waals surface area contributed by atoms with Gasteiger partial charge in [-0.2, -0.15) is 4.98 Å². The van der Waals surface area contributed by atoms with Gasteiger partial charge in [0.25, 0.3) is 5.91 Å². The van der Waals surface area contributed by atoms with Gasteiger partial charge in [0.15, 0.2) is 11.5 Å². The summed E-state index contributed by atoms with van der Waals surface area (Å²) in [4.78, 5) is 16.7. The first-order chi connectivity index (χ1) is 13.1. The topological polar surface area (TPSA) is 86.5 Å². The van der Waals surface area contributed by atoms with Crippen molar-refractivity contribution in [3.63, 3.8) is 0 Å².